The third-order valence-corrected chi connectivity index (χ3v) is 5.52. The van der Waals surface area contributed by atoms with Gasteiger partial charge in [-0.15, -0.1) is 0 Å². The van der Waals surface area contributed by atoms with Gasteiger partial charge in [0.2, 0.25) is 0 Å². The molecule has 0 radical (unpaired) electrons. The molecule has 9 heteroatoms. The highest BCUT2D eigenvalue weighted by Crippen LogP contribution is 2.23. The summed E-state index contributed by atoms with van der Waals surface area (Å²) in [6.45, 7) is 1.37. The van der Waals surface area contributed by atoms with Crippen molar-refractivity contribution >= 4 is 27.4 Å². The molecule has 7 nitrogen and oxygen atoms in total. The van der Waals surface area contributed by atoms with E-state index in [9.17, 15) is 22.4 Å². The van der Waals surface area contributed by atoms with E-state index in [4.69, 9.17) is 9.47 Å². The summed E-state index contributed by atoms with van der Waals surface area (Å²) in [5.74, 6) is -2.06. The predicted molar refractivity (Wildman–Crippen MR) is 100 cm³/mol. The van der Waals surface area contributed by atoms with Gasteiger partial charge in [0.05, 0.1) is 29.9 Å². The summed E-state index contributed by atoms with van der Waals surface area (Å²) < 4.78 is 47.3. The highest BCUT2D eigenvalue weighted by molar-refractivity contribution is 7.91. The molecule has 150 valence electrons. The first-order valence-electron chi connectivity index (χ1n) is 8.34. The lowest BCUT2D eigenvalue weighted by molar-refractivity contribution is -0.152. The third kappa shape index (κ3) is 5.78. The molecule has 0 aliphatic rings. The number of anilines is 1. The number of para-hydroxylation sites is 2. The molecular formula is C19H20FNO6S. The van der Waals surface area contributed by atoms with Gasteiger partial charge in [-0.05, 0) is 43.3 Å². The van der Waals surface area contributed by atoms with Gasteiger partial charge in [0.1, 0.15) is 11.6 Å². The maximum Gasteiger partial charge on any atom is 0.307 e. The average Bonchev–Trinajstić information content (AvgIpc) is 2.67. The molecule has 0 saturated carbocycles. The number of methoxy groups -OCH3 is 1. The Morgan fingerprint density at radius 3 is 2.39 bits per heavy atom. The highest BCUT2D eigenvalue weighted by Gasteiger charge is 2.22. The maximum atomic E-state index is 12.9. The molecule has 1 amide bonds. The zero-order valence-electron chi connectivity index (χ0n) is 15.3. The van der Waals surface area contributed by atoms with Crippen LogP contribution in [-0.2, 0) is 24.2 Å². The maximum absolute atomic E-state index is 12.9. The first-order valence-corrected chi connectivity index (χ1v) is 10.00. The molecule has 1 N–H and O–H groups in total. The van der Waals surface area contributed by atoms with Gasteiger partial charge >= 0.3 is 5.97 Å². The molecule has 2 aromatic carbocycles. The van der Waals surface area contributed by atoms with Crippen LogP contribution in [0.25, 0.3) is 0 Å². The van der Waals surface area contributed by atoms with Gasteiger partial charge in [-0.3, -0.25) is 9.59 Å². The highest BCUT2D eigenvalue weighted by atomic mass is 32.2. The van der Waals surface area contributed by atoms with Crippen molar-refractivity contribution < 1.29 is 31.9 Å². The van der Waals surface area contributed by atoms with Crippen LogP contribution < -0.4 is 10.1 Å². The van der Waals surface area contributed by atoms with Crippen molar-refractivity contribution in [2.24, 2.45) is 0 Å². The fourth-order valence-corrected chi connectivity index (χ4v) is 3.49. The Balaban J connectivity index is 1.89. The van der Waals surface area contributed by atoms with Gasteiger partial charge < -0.3 is 14.8 Å². The number of nitrogens with one attached hydrogen (secondary N) is 1. The fraction of sp³-hybridized carbons (Fsp3) is 0.263. The normalized spacial score (nSPS) is 12.1. The summed E-state index contributed by atoms with van der Waals surface area (Å²) in [5, 5.41) is 2.58. The summed E-state index contributed by atoms with van der Waals surface area (Å²) in [7, 11) is -2.32. The Morgan fingerprint density at radius 1 is 1.11 bits per heavy atom. The monoisotopic (exact) mass is 409 g/mol. The number of carbonyl (C=O) groups excluding carboxylic acids is 2. The van der Waals surface area contributed by atoms with E-state index in [0.717, 1.165) is 24.3 Å². The number of benzene rings is 2. The first kappa shape index (κ1) is 21.4. The Bertz CT molecular complexity index is 943. The van der Waals surface area contributed by atoms with Gasteiger partial charge in [-0.25, -0.2) is 12.8 Å². The van der Waals surface area contributed by atoms with Gasteiger partial charge in [-0.1, -0.05) is 12.1 Å². The van der Waals surface area contributed by atoms with Gasteiger partial charge in [-0.2, -0.15) is 0 Å². The van der Waals surface area contributed by atoms with Crippen LogP contribution in [0.1, 0.15) is 13.3 Å². The summed E-state index contributed by atoms with van der Waals surface area (Å²) >= 11 is 0. The summed E-state index contributed by atoms with van der Waals surface area (Å²) in [4.78, 5) is 24.0. The van der Waals surface area contributed by atoms with Gasteiger partial charge in [0.25, 0.3) is 5.91 Å². The number of halogens is 1. The minimum atomic E-state index is -3.77. The van der Waals surface area contributed by atoms with E-state index < -0.39 is 45.8 Å². The summed E-state index contributed by atoms with van der Waals surface area (Å²) in [6, 6.07) is 11.0. The second-order valence-corrected chi connectivity index (χ2v) is 7.95. The van der Waals surface area contributed by atoms with E-state index >= 15 is 0 Å². The van der Waals surface area contributed by atoms with E-state index in [1.54, 1.807) is 24.3 Å². The molecule has 2 aromatic rings. The lowest BCUT2D eigenvalue weighted by Gasteiger charge is -2.15. The van der Waals surface area contributed by atoms with E-state index in [0.29, 0.717) is 11.4 Å². The number of amides is 1. The van der Waals surface area contributed by atoms with Crippen molar-refractivity contribution in [3.63, 3.8) is 0 Å². The van der Waals surface area contributed by atoms with Crippen LogP contribution in [0.2, 0.25) is 0 Å². The van der Waals surface area contributed by atoms with Crippen molar-refractivity contribution in [2.75, 3.05) is 18.2 Å². The van der Waals surface area contributed by atoms with Gasteiger partial charge in [0.15, 0.2) is 15.9 Å². The Kier molecular flexibility index (Phi) is 7.11. The number of hydrogen-bond acceptors (Lipinski definition) is 6. The second-order valence-electron chi connectivity index (χ2n) is 5.84. The molecule has 2 rings (SSSR count). The Labute approximate surface area is 162 Å². The number of carbonyl (C=O) groups is 2. The smallest absolute Gasteiger partial charge is 0.307 e. The van der Waals surface area contributed by atoms with E-state index in [-0.39, 0.29) is 4.90 Å². The predicted octanol–water partition coefficient (Wildman–Crippen LogP) is 2.57. The Hall–Kier alpha value is -2.94. The van der Waals surface area contributed by atoms with Crippen molar-refractivity contribution in [3.05, 3.63) is 54.3 Å². The number of esters is 1. The van der Waals surface area contributed by atoms with E-state index in [1.807, 2.05) is 0 Å². The number of hydrogen-bond donors (Lipinski definition) is 1. The van der Waals surface area contributed by atoms with E-state index in [1.165, 1.54) is 14.0 Å². The Morgan fingerprint density at radius 2 is 1.75 bits per heavy atom. The van der Waals surface area contributed by atoms with Crippen LogP contribution in [0.15, 0.2) is 53.4 Å². The topological polar surface area (TPSA) is 98.8 Å². The van der Waals surface area contributed by atoms with Crippen LogP contribution >= 0.6 is 0 Å². The van der Waals surface area contributed by atoms with Crippen molar-refractivity contribution in [1.82, 2.24) is 0 Å². The molecule has 0 spiro atoms. The largest absolute Gasteiger partial charge is 0.495 e. The van der Waals surface area contributed by atoms with E-state index in [2.05, 4.69) is 5.32 Å². The standard InChI is InChI=1S/C19H20FNO6S/c1-13(19(23)21-16-5-3-4-6-17(16)26-2)27-18(22)11-12-28(24,25)15-9-7-14(20)8-10-15/h3-10,13H,11-12H2,1-2H3,(H,21,23)/t13-/m1/s1. The molecule has 0 saturated heterocycles. The number of rotatable bonds is 8. The molecule has 0 aliphatic heterocycles. The zero-order chi connectivity index (χ0) is 20.7. The molecule has 1 atom stereocenters. The van der Waals surface area contributed by atoms with Crippen LogP contribution in [0.3, 0.4) is 0 Å². The molecule has 0 bridgehead atoms. The molecule has 0 aliphatic carbocycles. The SMILES string of the molecule is COc1ccccc1NC(=O)[C@@H](C)OC(=O)CCS(=O)(=O)c1ccc(F)cc1. The molecule has 0 aromatic heterocycles. The lowest BCUT2D eigenvalue weighted by Crippen LogP contribution is -2.30. The molecule has 0 heterocycles. The van der Waals surface area contributed by atoms with Crippen LogP contribution in [0.4, 0.5) is 10.1 Å². The molecule has 0 unspecified atom stereocenters. The minimum Gasteiger partial charge on any atom is -0.495 e. The molecule has 28 heavy (non-hydrogen) atoms. The summed E-state index contributed by atoms with van der Waals surface area (Å²) in [6.07, 6.45) is -1.57. The van der Waals surface area contributed by atoms with Crippen LogP contribution in [0.5, 0.6) is 5.75 Å². The average molecular weight is 409 g/mol. The molecular weight excluding hydrogens is 389 g/mol. The first-order chi connectivity index (χ1) is 13.2. The summed E-state index contributed by atoms with van der Waals surface area (Å²) in [5.41, 5.74) is 0.414. The van der Waals surface area contributed by atoms with Crippen molar-refractivity contribution in [1.29, 1.82) is 0 Å². The lowest BCUT2D eigenvalue weighted by atomic mass is 10.2. The van der Waals surface area contributed by atoms with Crippen LogP contribution in [-0.4, -0.2) is 39.3 Å². The quantitative estimate of drug-likeness (QED) is 0.531. The fourth-order valence-electron chi connectivity index (χ4n) is 2.27. The zero-order valence-corrected chi connectivity index (χ0v) is 16.2. The third-order valence-electron chi connectivity index (χ3n) is 3.79. The van der Waals surface area contributed by atoms with Gasteiger partial charge in [0, 0.05) is 0 Å². The van der Waals surface area contributed by atoms with Crippen LogP contribution in [0, 0.1) is 5.82 Å². The molecule has 0 fully saturated rings. The second kappa shape index (κ2) is 9.32. The van der Waals surface area contributed by atoms with Crippen molar-refractivity contribution in [3.8, 4) is 5.75 Å². The number of ether oxygens (including phenoxy) is 2. The van der Waals surface area contributed by atoms with Crippen molar-refractivity contribution in [2.45, 2.75) is 24.3 Å². The number of sulfone groups is 1. The minimum absolute atomic E-state index is 0.0938.